The van der Waals surface area contributed by atoms with Gasteiger partial charge in [-0.2, -0.15) is 0 Å². The molecule has 0 atom stereocenters. The molecule has 0 aromatic heterocycles. The molecule has 0 unspecified atom stereocenters. The van der Waals surface area contributed by atoms with Gasteiger partial charge in [0.25, 0.3) is 0 Å². The maximum absolute atomic E-state index is 11.9. The molecule has 0 spiro atoms. The van der Waals surface area contributed by atoms with E-state index in [1.54, 1.807) is 4.31 Å². The Balaban J connectivity index is 2.50. The fourth-order valence-electron chi connectivity index (χ4n) is 1.73. The van der Waals surface area contributed by atoms with Crippen LogP contribution < -0.4 is 5.32 Å². The van der Waals surface area contributed by atoms with Crippen LogP contribution in [0, 0.1) is 0 Å². The minimum absolute atomic E-state index is 0.316. The summed E-state index contributed by atoms with van der Waals surface area (Å²) >= 11 is 0. The molecular weight excluding hydrogens is 212 g/mol. The number of unbranched alkanes of at least 4 members (excludes halogenated alkanes) is 1. The summed E-state index contributed by atoms with van der Waals surface area (Å²) in [5.74, 6) is 0.316. The number of nitrogens with zero attached hydrogens (tertiary/aromatic N) is 1. The van der Waals surface area contributed by atoms with Crippen molar-refractivity contribution in [2.75, 3.05) is 31.9 Å². The zero-order valence-corrected chi connectivity index (χ0v) is 10.4. The number of sulfonamides is 1. The van der Waals surface area contributed by atoms with Crippen molar-refractivity contribution >= 4 is 10.0 Å². The highest BCUT2D eigenvalue weighted by Crippen LogP contribution is 2.08. The summed E-state index contributed by atoms with van der Waals surface area (Å²) in [6.07, 6.45) is 3.56. The van der Waals surface area contributed by atoms with E-state index < -0.39 is 10.0 Å². The van der Waals surface area contributed by atoms with Gasteiger partial charge < -0.3 is 5.32 Å². The van der Waals surface area contributed by atoms with Gasteiger partial charge in [0.1, 0.15) is 0 Å². The van der Waals surface area contributed by atoms with Crippen LogP contribution in [0.3, 0.4) is 0 Å². The van der Waals surface area contributed by atoms with Crippen molar-refractivity contribution in [2.45, 2.75) is 32.6 Å². The molecule has 1 aliphatic rings. The monoisotopic (exact) mass is 234 g/mol. The van der Waals surface area contributed by atoms with Gasteiger partial charge in [-0.1, -0.05) is 13.3 Å². The molecule has 0 amide bonds. The molecule has 1 aliphatic heterocycles. The zero-order chi connectivity index (χ0) is 11.1. The largest absolute Gasteiger partial charge is 0.317 e. The highest BCUT2D eigenvalue weighted by atomic mass is 32.2. The third-order valence-electron chi connectivity index (χ3n) is 2.67. The second kappa shape index (κ2) is 6.45. The zero-order valence-electron chi connectivity index (χ0n) is 9.54. The van der Waals surface area contributed by atoms with Gasteiger partial charge in [0, 0.05) is 13.1 Å². The van der Waals surface area contributed by atoms with Crippen LogP contribution in [-0.2, 0) is 10.0 Å². The van der Waals surface area contributed by atoms with E-state index in [9.17, 15) is 8.42 Å². The molecule has 1 saturated heterocycles. The molecular formula is C10H22N2O2S. The van der Waals surface area contributed by atoms with Gasteiger partial charge in [0.15, 0.2) is 0 Å². The summed E-state index contributed by atoms with van der Waals surface area (Å²) < 4.78 is 25.5. The first kappa shape index (κ1) is 12.9. The average molecular weight is 234 g/mol. The van der Waals surface area contributed by atoms with Crippen LogP contribution in [-0.4, -0.2) is 44.7 Å². The number of rotatable bonds is 4. The molecule has 5 heteroatoms. The third-order valence-corrected chi connectivity index (χ3v) is 4.63. The molecule has 0 aromatic carbocycles. The van der Waals surface area contributed by atoms with E-state index in [0.29, 0.717) is 18.8 Å². The molecule has 90 valence electrons. The highest BCUT2D eigenvalue weighted by molar-refractivity contribution is 7.89. The number of hydrogen-bond donors (Lipinski definition) is 1. The van der Waals surface area contributed by atoms with Crippen molar-refractivity contribution in [3.05, 3.63) is 0 Å². The second-order valence-electron chi connectivity index (χ2n) is 4.03. The Kier molecular flexibility index (Phi) is 5.56. The predicted octanol–water partition coefficient (Wildman–Crippen LogP) is 0.802. The van der Waals surface area contributed by atoms with Crippen molar-refractivity contribution in [3.8, 4) is 0 Å². The van der Waals surface area contributed by atoms with Gasteiger partial charge in [0.05, 0.1) is 5.75 Å². The molecule has 0 saturated carbocycles. The topological polar surface area (TPSA) is 49.4 Å². The Labute approximate surface area is 93.1 Å². The first-order chi connectivity index (χ1) is 7.17. The lowest BCUT2D eigenvalue weighted by molar-refractivity contribution is 0.371. The Morgan fingerprint density at radius 3 is 2.33 bits per heavy atom. The summed E-state index contributed by atoms with van der Waals surface area (Å²) in [5.41, 5.74) is 0. The molecule has 0 bridgehead atoms. The molecule has 0 radical (unpaired) electrons. The molecule has 1 N–H and O–H groups in total. The SMILES string of the molecule is CCCCS(=O)(=O)N1CCCNCCC1. The number of nitrogens with one attached hydrogen (secondary N) is 1. The lowest BCUT2D eigenvalue weighted by atomic mass is 10.3. The van der Waals surface area contributed by atoms with Gasteiger partial charge in [-0.15, -0.1) is 0 Å². The maximum atomic E-state index is 11.9. The van der Waals surface area contributed by atoms with E-state index in [1.807, 2.05) is 6.92 Å². The molecule has 1 fully saturated rings. The minimum Gasteiger partial charge on any atom is -0.317 e. The van der Waals surface area contributed by atoms with E-state index in [-0.39, 0.29) is 0 Å². The molecule has 1 heterocycles. The third kappa shape index (κ3) is 4.49. The van der Waals surface area contributed by atoms with E-state index >= 15 is 0 Å². The van der Waals surface area contributed by atoms with E-state index in [4.69, 9.17) is 0 Å². The fourth-order valence-corrected chi connectivity index (χ4v) is 3.46. The Morgan fingerprint density at radius 2 is 1.80 bits per heavy atom. The standard InChI is InChI=1S/C10H22N2O2S/c1-2-3-10-15(13,14)12-8-4-6-11-7-5-9-12/h11H,2-10H2,1H3. The summed E-state index contributed by atoms with van der Waals surface area (Å²) in [5, 5.41) is 3.28. The van der Waals surface area contributed by atoms with Crippen molar-refractivity contribution < 1.29 is 8.42 Å². The van der Waals surface area contributed by atoms with Gasteiger partial charge >= 0.3 is 0 Å². The lowest BCUT2D eigenvalue weighted by Gasteiger charge is -2.24. The lowest BCUT2D eigenvalue weighted by Crippen LogP contribution is -2.39. The Hall–Kier alpha value is -0.130. The normalized spacial score (nSPS) is 20.9. The molecule has 4 nitrogen and oxygen atoms in total. The van der Waals surface area contributed by atoms with Crippen LogP contribution in [0.5, 0.6) is 0 Å². The highest BCUT2D eigenvalue weighted by Gasteiger charge is 2.21. The van der Waals surface area contributed by atoms with E-state index in [1.165, 1.54) is 0 Å². The van der Waals surface area contributed by atoms with E-state index in [0.717, 1.165) is 38.8 Å². The van der Waals surface area contributed by atoms with Crippen LogP contribution in [0.15, 0.2) is 0 Å². The summed E-state index contributed by atoms with van der Waals surface area (Å²) in [4.78, 5) is 0. The van der Waals surface area contributed by atoms with Crippen LogP contribution in [0.4, 0.5) is 0 Å². The quantitative estimate of drug-likeness (QED) is 0.783. The molecule has 0 aliphatic carbocycles. The first-order valence-electron chi connectivity index (χ1n) is 5.85. The van der Waals surface area contributed by atoms with E-state index in [2.05, 4.69) is 5.32 Å². The van der Waals surface area contributed by atoms with Gasteiger partial charge in [-0.05, 0) is 32.4 Å². The molecule has 1 rings (SSSR count). The molecule has 0 aromatic rings. The fraction of sp³-hybridized carbons (Fsp3) is 1.00. The van der Waals surface area contributed by atoms with Crippen molar-refractivity contribution in [1.29, 1.82) is 0 Å². The predicted molar refractivity (Wildman–Crippen MR) is 62.4 cm³/mol. The summed E-state index contributed by atoms with van der Waals surface area (Å²) in [6, 6.07) is 0. The van der Waals surface area contributed by atoms with Crippen molar-refractivity contribution in [2.24, 2.45) is 0 Å². The van der Waals surface area contributed by atoms with Crippen molar-refractivity contribution in [1.82, 2.24) is 9.62 Å². The van der Waals surface area contributed by atoms with Crippen molar-refractivity contribution in [3.63, 3.8) is 0 Å². The Morgan fingerprint density at radius 1 is 1.20 bits per heavy atom. The number of hydrogen-bond acceptors (Lipinski definition) is 3. The van der Waals surface area contributed by atoms with Crippen LogP contribution >= 0.6 is 0 Å². The van der Waals surface area contributed by atoms with Crippen LogP contribution in [0.25, 0.3) is 0 Å². The smallest absolute Gasteiger partial charge is 0.214 e. The second-order valence-corrected chi connectivity index (χ2v) is 6.11. The van der Waals surface area contributed by atoms with Gasteiger partial charge in [0.2, 0.25) is 10.0 Å². The van der Waals surface area contributed by atoms with Gasteiger partial charge in [-0.25, -0.2) is 12.7 Å². The summed E-state index contributed by atoms with van der Waals surface area (Å²) in [7, 11) is -2.98. The van der Waals surface area contributed by atoms with Crippen LogP contribution in [0.2, 0.25) is 0 Å². The average Bonchev–Trinajstić information content (AvgIpc) is 2.13. The maximum Gasteiger partial charge on any atom is 0.214 e. The van der Waals surface area contributed by atoms with Gasteiger partial charge in [-0.3, -0.25) is 0 Å². The molecule has 15 heavy (non-hydrogen) atoms. The summed E-state index contributed by atoms with van der Waals surface area (Å²) in [6.45, 7) is 5.24. The minimum atomic E-state index is -2.98. The first-order valence-corrected chi connectivity index (χ1v) is 7.46. The Bertz CT molecular complexity index is 257. The van der Waals surface area contributed by atoms with Crippen LogP contribution in [0.1, 0.15) is 32.6 Å².